The van der Waals surface area contributed by atoms with Crippen LogP contribution in [0.1, 0.15) is 0 Å². The molecule has 4 aromatic rings. The van der Waals surface area contributed by atoms with Gasteiger partial charge in [-0.15, -0.1) is 0 Å². The van der Waals surface area contributed by atoms with Crippen molar-refractivity contribution in [3.63, 3.8) is 0 Å². The van der Waals surface area contributed by atoms with Gasteiger partial charge in [0, 0.05) is 5.02 Å². The molecule has 0 aromatic heterocycles. The standard InChI is InChI=1S/C26H19ClF3NOP.ClH/c27-20-16-18-21(19-17-20)31-25(26(28,29)30)32-33(22-10-4-1-5-11-22,23-12-6-2-7-13-23)24-14-8-3-9-15-24;/h1-19H;1H/q+1;/p-1. The Kier molecular flexibility index (Phi) is 8.37. The molecule has 34 heavy (non-hydrogen) atoms. The van der Waals surface area contributed by atoms with Crippen LogP contribution in [0.25, 0.3) is 0 Å². The van der Waals surface area contributed by atoms with E-state index in [0.717, 1.165) is 0 Å². The van der Waals surface area contributed by atoms with E-state index in [2.05, 4.69) is 4.99 Å². The van der Waals surface area contributed by atoms with E-state index >= 15 is 0 Å². The van der Waals surface area contributed by atoms with Gasteiger partial charge >= 0.3 is 12.1 Å². The molecule has 8 heteroatoms. The molecule has 0 N–H and O–H groups in total. The average Bonchev–Trinajstić information content (AvgIpc) is 2.84. The van der Waals surface area contributed by atoms with E-state index in [1.54, 1.807) is 72.8 Å². The Morgan fingerprint density at radius 1 is 0.647 bits per heavy atom. The van der Waals surface area contributed by atoms with E-state index in [0.29, 0.717) is 20.9 Å². The molecule has 0 radical (unpaired) electrons. The van der Waals surface area contributed by atoms with Crippen molar-refractivity contribution in [1.82, 2.24) is 0 Å². The SMILES string of the molecule is FC(F)(F)C(=Nc1ccc(Cl)cc1)O[P+](c1ccccc1)(c1ccccc1)c1ccccc1.[Cl-]. The van der Waals surface area contributed by atoms with Gasteiger partial charge < -0.3 is 16.9 Å². The number of aliphatic imine (C=N–C) groups is 1. The van der Waals surface area contributed by atoms with Crippen LogP contribution in [0.15, 0.2) is 120 Å². The first-order valence-corrected chi connectivity index (χ1v) is 12.1. The molecule has 0 saturated carbocycles. The molecule has 0 saturated heterocycles. The number of hydrogen-bond acceptors (Lipinski definition) is 2. The zero-order valence-electron chi connectivity index (χ0n) is 17.7. The molecule has 0 unspecified atom stereocenters. The normalized spacial score (nSPS) is 12.1. The van der Waals surface area contributed by atoms with Crippen LogP contribution in [0, 0.1) is 0 Å². The summed E-state index contributed by atoms with van der Waals surface area (Å²) in [7, 11) is -3.23. The molecule has 0 fully saturated rings. The Morgan fingerprint density at radius 3 is 1.38 bits per heavy atom. The summed E-state index contributed by atoms with van der Waals surface area (Å²) in [5.74, 6) is -1.31. The summed E-state index contributed by atoms with van der Waals surface area (Å²) in [6.45, 7) is 0. The lowest BCUT2D eigenvalue weighted by Gasteiger charge is -2.27. The fraction of sp³-hybridized carbons (Fsp3) is 0.0385. The highest BCUT2D eigenvalue weighted by Gasteiger charge is 2.55. The number of benzene rings is 4. The number of alkyl halides is 3. The minimum atomic E-state index is -4.82. The number of rotatable bonds is 5. The van der Waals surface area contributed by atoms with E-state index in [1.807, 2.05) is 18.2 Å². The van der Waals surface area contributed by atoms with Crippen molar-refractivity contribution >= 4 is 46.6 Å². The third-order valence-corrected chi connectivity index (χ3v) is 8.66. The van der Waals surface area contributed by atoms with E-state index in [1.165, 1.54) is 24.3 Å². The zero-order chi connectivity index (χ0) is 23.3. The van der Waals surface area contributed by atoms with Gasteiger partial charge in [-0.2, -0.15) is 13.2 Å². The lowest BCUT2D eigenvalue weighted by atomic mass is 10.3. The fourth-order valence-corrected chi connectivity index (χ4v) is 6.93. The Balaban J connectivity index is 0.00000324. The third kappa shape index (κ3) is 5.61. The molecule has 174 valence electrons. The van der Waals surface area contributed by atoms with Crippen LogP contribution < -0.4 is 28.3 Å². The van der Waals surface area contributed by atoms with Crippen molar-refractivity contribution in [1.29, 1.82) is 0 Å². The largest absolute Gasteiger partial charge is 1.00 e. The highest BCUT2D eigenvalue weighted by molar-refractivity contribution is 7.92. The second-order valence-corrected chi connectivity index (χ2v) is 10.5. The minimum Gasteiger partial charge on any atom is -1.00 e. The molecule has 0 amide bonds. The molecule has 4 aromatic carbocycles. The van der Waals surface area contributed by atoms with Crippen molar-refractivity contribution in [3.8, 4) is 0 Å². The predicted octanol–water partition coefficient (Wildman–Crippen LogP) is 3.86. The maximum atomic E-state index is 14.3. The van der Waals surface area contributed by atoms with Gasteiger partial charge in [-0.1, -0.05) is 66.2 Å². The molecular weight excluding hydrogens is 501 g/mol. The Bertz CT molecular complexity index is 1120. The topological polar surface area (TPSA) is 21.6 Å². The predicted molar refractivity (Wildman–Crippen MR) is 131 cm³/mol. The Labute approximate surface area is 207 Å². The van der Waals surface area contributed by atoms with E-state index in [4.69, 9.17) is 16.1 Å². The van der Waals surface area contributed by atoms with Crippen LogP contribution >= 0.6 is 19.1 Å². The van der Waals surface area contributed by atoms with E-state index in [9.17, 15) is 13.2 Å². The van der Waals surface area contributed by atoms with Crippen molar-refractivity contribution in [3.05, 3.63) is 120 Å². The van der Waals surface area contributed by atoms with Gasteiger partial charge in [0.2, 0.25) is 0 Å². The van der Waals surface area contributed by atoms with Gasteiger partial charge in [0.05, 0.1) is 5.69 Å². The highest BCUT2D eigenvalue weighted by atomic mass is 35.5. The van der Waals surface area contributed by atoms with Crippen LogP contribution in [-0.4, -0.2) is 12.1 Å². The number of halogens is 5. The van der Waals surface area contributed by atoms with Gasteiger partial charge in [0.1, 0.15) is 15.9 Å². The second kappa shape index (κ2) is 11.1. The van der Waals surface area contributed by atoms with Gasteiger partial charge in [-0.25, -0.2) is 4.99 Å². The molecule has 0 bridgehead atoms. The molecular formula is C26H19Cl2F3NOP. The summed E-state index contributed by atoms with van der Waals surface area (Å²) in [6, 6.07) is 32.8. The first kappa shape index (κ1) is 25.8. The summed E-state index contributed by atoms with van der Waals surface area (Å²) in [5.41, 5.74) is 0.0963. The van der Waals surface area contributed by atoms with Crippen LogP contribution in [0.2, 0.25) is 5.02 Å². The quantitative estimate of drug-likeness (QED) is 0.223. The smallest absolute Gasteiger partial charge is 0.473 e. The number of nitrogens with zero attached hydrogens (tertiary/aromatic N) is 1. The van der Waals surface area contributed by atoms with Gasteiger partial charge in [-0.05, 0) is 60.7 Å². The first-order valence-electron chi connectivity index (χ1n) is 10.1. The van der Waals surface area contributed by atoms with Crippen molar-refractivity contribution in [2.45, 2.75) is 6.18 Å². The van der Waals surface area contributed by atoms with Gasteiger partial charge in [0.15, 0.2) is 0 Å². The lowest BCUT2D eigenvalue weighted by Crippen LogP contribution is -3.00. The third-order valence-electron chi connectivity index (χ3n) is 4.88. The van der Waals surface area contributed by atoms with E-state index < -0.39 is 19.6 Å². The molecule has 0 aliphatic carbocycles. The molecule has 0 heterocycles. The van der Waals surface area contributed by atoms with Gasteiger partial charge in [-0.3, -0.25) is 0 Å². The van der Waals surface area contributed by atoms with E-state index in [-0.39, 0.29) is 18.1 Å². The fourth-order valence-electron chi connectivity index (χ4n) is 3.42. The first-order chi connectivity index (χ1) is 15.9. The molecule has 4 rings (SSSR count). The Hall–Kier alpha value is -2.85. The molecule has 0 aliphatic rings. The van der Waals surface area contributed by atoms with Crippen molar-refractivity contribution in [2.24, 2.45) is 4.99 Å². The molecule has 0 aliphatic heterocycles. The summed E-state index contributed by atoms with van der Waals surface area (Å²) in [5, 5.41) is 2.35. The Morgan fingerprint density at radius 2 is 1.03 bits per heavy atom. The minimum absolute atomic E-state index is 0. The summed E-state index contributed by atoms with van der Waals surface area (Å²) in [4.78, 5) is 3.87. The average molecular weight is 520 g/mol. The van der Waals surface area contributed by atoms with Gasteiger partial charge in [0.25, 0.3) is 7.49 Å². The van der Waals surface area contributed by atoms with Crippen LogP contribution in [0.4, 0.5) is 18.9 Å². The molecule has 0 atom stereocenters. The maximum absolute atomic E-state index is 14.3. The summed E-state index contributed by atoms with van der Waals surface area (Å²) >= 11 is 5.89. The lowest BCUT2D eigenvalue weighted by molar-refractivity contribution is -0.0703. The molecule has 0 spiro atoms. The highest BCUT2D eigenvalue weighted by Crippen LogP contribution is 2.57. The zero-order valence-corrected chi connectivity index (χ0v) is 20.1. The molecule has 2 nitrogen and oxygen atoms in total. The van der Waals surface area contributed by atoms with Crippen LogP contribution in [0.3, 0.4) is 0 Å². The van der Waals surface area contributed by atoms with Crippen molar-refractivity contribution in [2.75, 3.05) is 0 Å². The summed E-state index contributed by atoms with van der Waals surface area (Å²) in [6.07, 6.45) is -4.82. The summed E-state index contributed by atoms with van der Waals surface area (Å²) < 4.78 is 49.0. The maximum Gasteiger partial charge on any atom is 0.473 e. The van der Waals surface area contributed by atoms with Crippen LogP contribution in [-0.2, 0) is 4.52 Å². The monoisotopic (exact) mass is 519 g/mol. The second-order valence-electron chi connectivity index (χ2n) is 7.10. The number of hydrogen-bond donors (Lipinski definition) is 0. The van der Waals surface area contributed by atoms with Crippen molar-refractivity contribution < 1.29 is 30.1 Å². The van der Waals surface area contributed by atoms with Crippen LogP contribution in [0.5, 0.6) is 0 Å².